The highest BCUT2D eigenvalue weighted by Gasteiger charge is 2.26. The number of sulfonamides is 1. The van der Waals surface area contributed by atoms with E-state index >= 15 is 0 Å². The summed E-state index contributed by atoms with van der Waals surface area (Å²) in [4.78, 5) is 4.00. The summed E-state index contributed by atoms with van der Waals surface area (Å²) in [6.07, 6.45) is 1.48. The van der Waals surface area contributed by atoms with E-state index in [0.29, 0.717) is 12.2 Å². The third-order valence-corrected chi connectivity index (χ3v) is 4.99. The van der Waals surface area contributed by atoms with Crippen molar-refractivity contribution in [1.82, 2.24) is 4.98 Å². The summed E-state index contributed by atoms with van der Waals surface area (Å²) in [6, 6.07) is 10.4. The minimum Gasteiger partial charge on any atom is -0.307 e. The van der Waals surface area contributed by atoms with Crippen LogP contribution >= 0.6 is 0 Å². The van der Waals surface area contributed by atoms with Crippen LogP contribution in [-0.2, 0) is 10.0 Å². The van der Waals surface area contributed by atoms with Crippen molar-refractivity contribution in [2.75, 3.05) is 16.3 Å². The summed E-state index contributed by atoms with van der Waals surface area (Å²) >= 11 is 0. The Balaban J connectivity index is 2.55. The molecule has 112 valence electrons. The van der Waals surface area contributed by atoms with Crippen LogP contribution in [0.3, 0.4) is 0 Å². The van der Waals surface area contributed by atoms with E-state index in [9.17, 15) is 8.42 Å². The molecule has 1 aromatic heterocycles. The first-order chi connectivity index (χ1) is 10.0. The zero-order valence-electron chi connectivity index (χ0n) is 11.9. The summed E-state index contributed by atoms with van der Waals surface area (Å²) in [5.41, 5.74) is 3.93. The monoisotopic (exact) mass is 306 g/mol. The van der Waals surface area contributed by atoms with Gasteiger partial charge >= 0.3 is 0 Å². The number of hydrazine groups is 1. The van der Waals surface area contributed by atoms with Crippen molar-refractivity contribution in [2.24, 2.45) is 5.84 Å². The Bertz CT molecular complexity index is 731. The first-order valence-electron chi connectivity index (χ1n) is 6.51. The molecule has 0 aliphatic heterocycles. The molecule has 1 aromatic carbocycles. The number of pyridine rings is 1. The van der Waals surface area contributed by atoms with Gasteiger partial charge in [0.1, 0.15) is 4.90 Å². The van der Waals surface area contributed by atoms with Gasteiger partial charge in [-0.25, -0.2) is 19.2 Å². The quantitative estimate of drug-likeness (QED) is 0.650. The van der Waals surface area contributed by atoms with E-state index < -0.39 is 10.0 Å². The van der Waals surface area contributed by atoms with Crippen LogP contribution in [0.25, 0.3) is 0 Å². The van der Waals surface area contributed by atoms with Gasteiger partial charge in [0.15, 0.2) is 5.82 Å². The van der Waals surface area contributed by atoms with Crippen LogP contribution in [0, 0.1) is 6.92 Å². The van der Waals surface area contributed by atoms with Gasteiger partial charge in [-0.15, -0.1) is 0 Å². The number of aryl methyl sites for hydroxylation is 1. The lowest BCUT2D eigenvalue weighted by Crippen LogP contribution is -2.32. The molecular formula is C14H18N4O2S. The lowest BCUT2D eigenvalue weighted by molar-refractivity contribution is 0.592. The largest absolute Gasteiger partial charge is 0.307 e. The highest BCUT2D eigenvalue weighted by Crippen LogP contribution is 2.27. The van der Waals surface area contributed by atoms with Gasteiger partial charge in [0.2, 0.25) is 0 Å². The summed E-state index contributed by atoms with van der Waals surface area (Å²) in [6.45, 7) is 4.01. The van der Waals surface area contributed by atoms with E-state index in [4.69, 9.17) is 5.84 Å². The van der Waals surface area contributed by atoms with Gasteiger partial charge in [-0.3, -0.25) is 4.31 Å². The van der Waals surface area contributed by atoms with Crippen molar-refractivity contribution in [3.05, 3.63) is 48.2 Å². The van der Waals surface area contributed by atoms with E-state index in [1.165, 1.54) is 16.6 Å². The van der Waals surface area contributed by atoms with Gasteiger partial charge in [0, 0.05) is 12.7 Å². The van der Waals surface area contributed by atoms with E-state index in [1.54, 1.807) is 19.1 Å². The Morgan fingerprint density at radius 3 is 2.67 bits per heavy atom. The second-order valence-electron chi connectivity index (χ2n) is 4.50. The van der Waals surface area contributed by atoms with Crippen LogP contribution in [0.15, 0.2) is 47.5 Å². The number of nitrogen functional groups attached to an aromatic ring is 1. The number of benzene rings is 1. The van der Waals surface area contributed by atoms with Crippen LogP contribution < -0.4 is 15.6 Å². The molecule has 0 saturated carbocycles. The molecule has 2 rings (SSSR count). The predicted octanol–water partition coefficient (Wildman–Crippen LogP) is 1.89. The van der Waals surface area contributed by atoms with Crippen LogP contribution in [0.5, 0.6) is 0 Å². The van der Waals surface area contributed by atoms with Gasteiger partial charge in [-0.05, 0) is 43.7 Å². The molecule has 0 radical (unpaired) electrons. The fraction of sp³-hybridized carbons (Fsp3) is 0.214. The summed E-state index contributed by atoms with van der Waals surface area (Å²) < 4.78 is 27.0. The highest BCUT2D eigenvalue weighted by atomic mass is 32.2. The topological polar surface area (TPSA) is 88.3 Å². The molecule has 1 heterocycles. The maximum atomic E-state index is 12.8. The SMILES string of the molecule is CCN(c1cccc(C)c1)S(=O)(=O)c1cccnc1NN. The Morgan fingerprint density at radius 1 is 1.29 bits per heavy atom. The summed E-state index contributed by atoms with van der Waals surface area (Å²) in [5.74, 6) is 5.48. The molecule has 7 heteroatoms. The van der Waals surface area contributed by atoms with Gasteiger partial charge in [-0.2, -0.15) is 0 Å². The summed E-state index contributed by atoms with van der Waals surface area (Å²) in [7, 11) is -3.74. The molecule has 0 aliphatic rings. The number of aromatic nitrogens is 1. The van der Waals surface area contributed by atoms with Crippen LogP contribution in [0.4, 0.5) is 11.5 Å². The smallest absolute Gasteiger partial charge is 0.268 e. The van der Waals surface area contributed by atoms with Gasteiger partial charge < -0.3 is 5.43 Å². The molecule has 3 N–H and O–H groups in total. The molecule has 21 heavy (non-hydrogen) atoms. The maximum Gasteiger partial charge on any atom is 0.268 e. The lowest BCUT2D eigenvalue weighted by Gasteiger charge is -2.24. The highest BCUT2D eigenvalue weighted by molar-refractivity contribution is 7.93. The third kappa shape index (κ3) is 2.98. The number of nitrogens with two attached hydrogens (primary N) is 1. The Morgan fingerprint density at radius 2 is 2.05 bits per heavy atom. The summed E-state index contributed by atoms with van der Waals surface area (Å²) in [5, 5.41) is 0. The maximum absolute atomic E-state index is 12.8. The van der Waals surface area contributed by atoms with Crippen molar-refractivity contribution >= 4 is 21.5 Å². The second kappa shape index (κ2) is 6.11. The fourth-order valence-electron chi connectivity index (χ4n) is 2.10. The van der Waals surface area contributed by atoms with Crippen LogP contribution in [-0.4, -0.2) is 19.9 Å². The van der Waals surface area contributed by atoms with Gasteiger partial charge in [0.05, 0.1) is 5.69 Å². The molecule has 0 spiro atoms. The van der Waals surface area contributed by atoms with Crippen molar-refractivity contribution in [1.29, 1.82) is 0 Å². The molecule has 0 saturated heterocycles. The fourth-order valence-corrected chi connectivity index (χ4v) is 3.68. The minimum absolute atomic E-state index is 0.0517. The van der Waals surface area contributed by atoms with Crippen molar-refractivity contribution in [3.8, 4) is 0 Å². The number of nitrogens with one attached hydrogen (secondary N) is 1. The molecule has 2 aromatic rings. The molecule has 0 atom stereocenters. The number of anilines is 2. The average Bonchev–Trinajstić information content (AvgIpc) is 2.47. The molecule has 6 nitrogen and oxygen atoms in total. The second-order valence-corrected chi connectivity index (χ2v) is 6.33. The van der Waals surface area contributed by atoms with Crippen LogP contribution in [0.1, 0.15) is 12.5 Å². The number of hydrogen-bond donors (Lipinski definition) is 2. The first kappa shape index (κ1) is 15.3. The normalized spacial score (nSPS) is 11.2. The van der Waals surface area contributed by atoms with Gasteiger partial charge in [-0.1, -0.05) is 12.1 Å². The van der Waals surface area contributed by atoms with Crippen LogP contribution in [0.2, 0.25) is 0 Å². The molecule has 0 aliphatic carbocycles. The lowest BCUT2D eigenvalue weighted by atomic mass is 10.2. The van der Waals surface area contributed by atoms with E-state index in [1.807, 2.05) is 25.1 Å². The first-order valence-corrected chi connectivity index (χ1v) is 7.95. The zero-order chi connectivity index (χ0) is 15.5. The number of rotatable bonds is 5. The molecular weight excluding hydrogens is 288 g/mol. The van der Waals surface area contributed by atoms with Crippen molar-refractivity contribution < 1.29 is 8.42 Å². The molecule has 0 unspecified atom stereocenters. The van der Waals surface area contributed by atoms with E-state index in [2.05, 4.69) is 10.4 Å². The van der Waals surface area contributed by atoms with E-state index in [0.717, 1.165) is 5.56 Å². The molecule has 0 amide bonds. The van der Waals surface area contributed by atoms with Gasteiger partial charge in [0.25, 0.3) is 10.0 Å². The standard InChI is InChI=1S/C14H18N4O2S/c1-3-18(12-7-4-6-11(2)10-12)21(19,20)13-8-5-9-16-14(13)17-15/h4-10H,3,15H2,1-2H3,(H,16,17). The number of hydrogen-bond acceptors (Lipinski definition) is 5. The Hall–Kier alpha value is -2.12. The molecule has 0 fully saturated rings. The predicted molar refractivity (Wildman–Crippen MR) is 83.4 cm³/mol. The third-order valence-electron chi connectivity index (χ3n) is 3.05. The average molecular weight is 306 g/mol. The minimum atomic E-state index is -3.74. The molecule has 0 bridgehead atoms. The van der Waals surface area contributed by atoms with Crippen molar-refractivity contribution in [3.63, 3.8) is 0 Å². The number of nitrogens with zero attached hydrogens (tertiary/aromatic N) is 2. The Kier molecular flexibility index (Phi) is 4.44. The van der Waals surface area contributed by atoms with E-state index in [-0.39, 0.29) is 10.7 Å². The Labute approximate surface area is 124 Å². The zero-order valence-corrected chi connectivity index (χ0v) is 12.8. The van der Waals surface area contributed by atoms with Crippen molar-refractivity contribution in [2.45, 2.75) is 18.7 Å².